The van der Waals surface area contributed by atoms with Gasteiger partial charge in [0.2, 0.25) is 0 Å². The van der Waals surface area contributed by atoms with Gasteiger partial charge < -0.3 is 15.7 Å². The van der Waals surface area contributed by atoms with Crippen molar-refractivity contribution in [2.75, 3.05) is 13.2 Å². The Balaban J connectivity index is 1.58. The van der Waals surface area contributed by atoms with Crippen LogP contribution in [0.2, 0.25) is 0 Å². The zero-order valence-electron chi connectivity index (χ0n) is 18.5. The molecule has 0 amide bonds. The number of hydrogen-bond acceptors (Lipinski definition) is 4. The Hall–Kier alpha value is -2.02. The van der Waals surface area contributed by atoms with Crippen molar-refractivity contribution in [2.45, 2.75) is 70.6 Å². The fraction of sp³-hybridized carbons (Fsp3) is 0.542. The molecule has 0 bridgehead atoms. The number of imidazole rings is 1. The molecule has 3 N–H and O–H groups in total. The van der Waals surface area contributed by atoms with Crippen molar-refractivity contribution in [2.24, 2.45) is 0 Å². The van der Waals surface area contributed by atoms with Gasteiger partial charge in [-0.15, -0.1) is 0 Å². The molecule has 0 aromatic carbocycles. The summed E-state index contributed by atoms with van der Waals surface area (Å²) in [5.41, 5.74) is 4.24. The molecule has 1 aliphatic heterocycles. The molecule has 2 heterocycles. The number of nitrogens with zero attached hydrogens (tertiary/aromatic N) is 2. The van der Waals surface area contributed by atoms with Gasteiger partial charge in [0.25, 0.3) is 0 Å². The van der Waals surface area contributed by atoms with E-state index in [1.807, 2.05) is 33.6 Å². The van der Waals surface area contributed by atoms with Crippen molar-refractivity contribution >= 4 is 17.7 Å². The summed E-state index contributed by atoms with van der Waals surface area (Å²) < 4.78 is 3.90. The maximum absolute atomic E-state index is 13.2. The number of allylic oxidation sites excluding steroid dienone is 3. The summed E-state index contributed by atoms with van der Waals surface area (Å²) in [5.74, 6) is 0. The van der Waals surface area contributed by atoms with Crippen molar-refractivity contribution in [3.8, 4) is 0 Å². The van der Waals surface area contributed by atoms with Gasteiger partial charge in [-0.05, 0) is 76.4 Å². The van der Waals surface area contributed by atoms with Crippen molar-refractivity contribution in [1.29, 1.82) is 0 Å². The third kappa shape index (κ3) is 4.76. The van der Waals surface area contributed by atoms with Crippen LogP contribution in [0.15, 0.2) is 45.4 Å². The Morgan fingerprint density at radius 1 is 1.42 bits per heavy atom. The lowest BCUT2D eigenvalue weighted by atomic mass is 9.83. The fourth-order valence-corrected chi connectivity index (χ4v) is 4.65. The van der Waals surface area contributed by atoms with Crippen molar-refractivity contribution < 1.29 is 5.11 Å². The summed E-state index contributed by atoms with van der Waals surface area (Å²) in [6, 6.07) is 0.353. The topological polar surface area (TPSA) is 71.2 Å². The van der Waals surface area contributed by atoms with E-state index in [0.717, 1.165) is 66.2 Å². The molecule has 2 aliphatic carbocycles. The van der Waals surface area contributed by atoms with Crippen LogP contribution in [0.5, 0.6) is 0 Å². The molecule has 168 valence electrons. The monoisotopic (exact) mass is 444 g/mol. The van der Waals surface area contributed by atoms with E-state index < -0.39 is 0 Å². The molecule has 31 heavy (non-hydrogen) atoms. The molecule has 0 saturated heterocycles. The minimum atomic E-state index is -0.219. The minimum absolute atomic E-state index is 0.0917. The van der Waals surface area contributed by atoms with E-state index in [1.54, 1.807) is 0 Å². The number of aliphatic hydroxyl groups excluding tert-OH is 1. The lowest BCUT2D eigenvalue weighted by molar-refractivity contribution is 0.280. The average molecular weight is 445 g/mol. The summed E-state index contributed by atoms with van der Waals surface area (Å²) in [6.45, 7) is 6.56. The summed E-state index contributed by atoms with van der Waals surface area (Å²) in [4.78, 5) is 13.2. The minimum Gasteiger partial charge on any atom is -0.396 e. The zero-order valence-corrected chi connectivity index (χ0v) is 19.2. The van der Waals surface area contributed by atoms with Crippen LogP contribution in [-0.4, -0.2) is 32.9 Å². The highest BCUT2D eigenvalue weighted by Crippen LogP contribution is 2.36. The summed E-state index contributed by atoms with van der Waals surface area (Å²) in [6.07, 6.45) is 14.9. The highest BCUT2D eigenvalue weighted by Gasteiger charge is 2.32. The first-order valence-corrected chi connectivity index (χ1v) is 11.7. The number of rotatable bonds is 9. The first-order chi connectivity index (χ1) is 14.9. The molecule has 6 nitrogen and oxygen atoms in total. The fourth-order valence-electron chi connectivity index (χ4n) is 4.45. The molecule has 3 aliphatic rings. The number of hydrogen-bond donors (Lipinski definition) is 3. The first kappa shape index (κ1) is 22.2. The van der Waals surface area contributed by atoms with Gasteiger partial charge in [0, 0.05) is 29.8 Å². The van der Waals surface area contributed by atoms with Gasteiger partial charge in [-0.2, -0.15) is 0 Å². The molecule has 0 spiro atoms. The lowest BCUT2D eigenvalue weighted by Gasteiger charge is -2.34. The Labute approximate surface area is 189 Å². The van der Waals surface area contributed by atoms with Crippen molar-refractivity contribution in [3.63, 3.8) is 0 Å². The Bertz CT molecular complexity index is 1010. The van der Waals surface area contributed by atoms with Gasteiger partial charge in [-0.25, -0.2) is 4.79 Å². The number of aromatic nitrogens is 2. The number of fused-ring (bicyclic) bond motifs is 1. The van der Waals surface area contributed by atoms with Crippen molar-refractivity contribution in [1.82, 2.24) is 19.8 Å². The van der Waals surface area contributed by atoms with E-state index in [9.17, 15) is 4.79 Å². The molecule has 1 aromatic rings. The SMILES string of the molecule is C/C(=C\C1=CC(Cl)=CCC1(C)NCCCCO)Cn1c2c(n(C3CC3)c1=O)C=CNC2. The van der Waals surface area contributed by atoms with Crippen LogP contribution in [0.25, 0.3) is 6.08 Å². The van der Waals surface area contributed by atoms with Gasteiger partial charge >= 0.3 is 5.69 Å². The third-order valence-electron chi connectivity index (χ3n) is 6.40. The third-order valence-corrected chi connectivity index (χ3v) is 6.67. The maximum Gasteiger partial charge on any atom is 0.329 e. The second kappa shape index (κ2) is 9.23. The highest BCUT2D eigenvalue weighted by molar-refractivity contribution is 6.31. The average Bonchev–Trinajstić information content (AvgIpc) is 3.54. The Kier molecular flexibility index (Phi) is 6.60. The smallest absolute Gasteiger partial charge is 0.329 e. The summed E-state index contributed by atoms with van der Waals surface area (Å²) in [7, 11) is 0. The van der Waals surface area contributed by atoms with E-state index in [1.165, 1.54) is 0 Å². The molecular formula is C24H33ClN4O2. The summed E-state index contributed by atoms with van der Waals surface area (Å²) in [5, 5.41) is 16.7. The molecule has 1 atom stereocenters. The predicted molar refractivity (Wildman–Crippen MR) is 126 cm³/mol. The molecule has 1 aromatic heterocycles. The molecular weight excluding hydrogens is 412 g/mol. The number of aliphatic hydroxyl groups is 1. The number of nitrogens with one attached hydrogen (secondary N) is 2. The molecule has 1 fully saturated rings. The van der Waals surface area contributed by atoms with Crippen LogP contribution < -0.4 is 16.3 Å². The van der Waals surface area contributed by atoms with Gasteiger partial charge in [-0.1, -0.05) is 29.3 Å². The second-order valence-corrected chi connectivity index (χ2v) is 9.53. The van der Waals surface area contributed by atoms with Crippen LogP contribution in [-0.2, 0) is 13.1 Å². The largest absolute Gasteiger partial charge is 0.396 e. The van der Waals surface area contributed by atoms with E-state index in [-0.39, 0.29) is 17.8 Å². The Morgan fingerprint density at radius 2 is 2.23 bits per heavy atom. The highest BCUT2D eigenvalue weighted by atomic mass is 35.5. The maximum atomic E-state index is 13.2. The van der Waals surface area contributed by atoms with E-state index in [0.29, 0.717) is 19.1 Å². The van der Waals surface area contributed by atoms with Crippen LogP contribution >= 0.6 is 11.6 Å². The van der Waals surface area contributed by atoms with Crippen LogP contribution in [0.1, 0.15) is 63.4 Å². The van der Waals surface area contributed by atoms with Crippen molar-refractivity contribution in [3.05, 3.63) is 62.5 Å². The number of halogens is 1. The quantitative estimate of drug-likeness (QED) is 0.509. The van der Waals surface area contributed by atoms with Crippen LogP contribution in [0.4, 0.5) is 0 Å². The number of unbranched alkanes of at least 4 members (excludes halogenated alkanes) is 1. The molecule has 1 saturated carbocycles. The van der Waals surface area contributed by atoms with Gasteiger partial charge in [0.15, 0.2) is 0 Å². The van der Waals surface area contributed by atoms with Gasteiger partial charge in [0.05, 0.1) is 17.9 Å². The van der Waals surface area contributed by atoms with Gasteiger partial charge in [0.1, 0.15) is 0 Å². The second-order valence-electron chi connectivity index (χ2n) is 9.09. The van der Waals surface area contributed by atoms with E-state index in [2.05, 4.69) is 30.6 Å². The normalized spacial score (nSPS) is 23.3. The van der Waals surface area contributed by atoms with Crippen LogP contribution in [0, 0.1) is 0 Å². The van der Waals surface area contributed by atoms with Gasteiger partial charge in [-0.3, -0.25) is 9.13 Å². The summed E-state index contributed by atoms with van der Waals surface area (Å²) >= 11 is 6.35. The standard InChI is InChI=1S/C24H33ClN4O2/c1-17(13-18-14-19(25)7-9-24(18,2)27-10-3-4-12-30)16-28-22-15-26-11-8-21(22)29(23(28)31)20-5-6-20/h7-8,11,13-14,20,26-27,30H,3-6,9-10,12,15-16H2,1-2H3/b17-13+. The van der Waals surface area contributed by atoms with Crippen LogP contribution in [0.3, 0.4) is 0 Å². The predicted octanol–water partition coefficient (Wildman–Crippen LogP) is 3.58. The molecule has 0 radical (unpaired) electrons. The first-order valence-electron chi connectivity index (χ1n) is 11.3. The zero-order chi connectivity index (χ0) is 22.0. The molecule has 1 unspecified atom stereocenters. The molecule has 4 rings (SSSR count). The van der Waals surface area contributed by atoms with E-state index in [4.69, 9.17) is 16.7 Å². The lowest BCUT2D eigenvalue weighted by Crippen LogP contribution is -2.45. The Morgan fingerprint density at radius 3 is 2.97 bits per heavy atom. The molecule has 7 heteroatoms. The van der Waals surface area contributed by atoms with E-state index >= 15 is 0 Å².